The highest BCUT2D eigenvalue weighted by Gasteiger charge is 2.60. The molecule has 0 radical (unpaired) electrons. The number of aliphatic hydroxyl groups excluding tert-OH is 1. The van der Waals surface area contributed by atoms with E-state index in [0.29, 0.717) is 41.4 Å². The Kier molecular flexibility index (Phi) is 8.52. The number of nitrogens with one attached hydrogen (secondary N) is 1. The molecule has 10 atom stereocenters. The van der Waals surface area contributed by atoms with Crippen molar-refractivity contribution in [1.29, 1.82) is 0 Å². The monoisotopic (exact) mass is 507 g/mol. The Bertz CT molecular complexity index is 776. The van der Waals surface area contributed by atoms with E-state index < -0.39 is 12.0 Å². The van der Waals surface area contributed by atoms with E-state index in [-0.39, 0.29) is 12.0 Å². The Labute approximate surface area is 217 Å². The third kappa shape index (κ3) is 5.30. The maximum absolute atomic E-state index is 12.6. The molecular formula is C29H49NO4S. The third-order valence-corrected chi connectivity index (χ3v) is 12.1. The van der Waals surface area contributed by atoms with Gasteiger partial charge in [0.15, 0.2) is 0 Å². The molecule has 0 saturated heterocycles. The van der Waals surface area contributed by atoms with Crippen LogP contribution in [0.1, 0.15) is 97.8 Å². The van der Waals surface area contributed by atoms with Crippen molar-refractivity contribution in [2.75, 3.05) is 12.0 Å². The van der Waals surface area contributed by atoms with Gasteiger partial charge in [0.1, 0.15) is 6.04 Å². The normalized spacial score (nSPS) is 42.3. The fourth-order valence-corrected chi connectivity index (χ4v) is 10.0. The van der Waals surface area contributed by atoms with E-state index in [0.717, 1.165) is 42.8 Å². The van der Waals surface area contributed by atoms with Crippen LogP contribution in [-0.2, 0) is 9.59 Å². The molecule has 35 heavy (non-hydrogen) atoms. The average Bonchev–Trinajstić information content (AvgIpc) is 3.17. The molecule has 0 aliphatic heterocycles. The minimum atomic E-state index is -0.931. The van der Waals surface area contributed by atoms with Gasteiger partial charge in [0, 0.05) is 6.42 Å². The lowest BCUT2D eigenvalue weighted by Gasteiger charge is -2.61. The Morgan fingerprint density at radius 2 is 1.71 bits per heavy atom. The molecule has 0 aromatic rings. The number of carbonyl (C=O) groups is 2. The second kappa shape index (κ2) is 10.9. The average molecular weight is 508 g/mol. The number of thioether (sulfide) groups is 1. The van der Waals surface area contributed by atoms with Crippen molar-refractivity contribution in [2.45, 2.75) is 110 Å². The first kappa shape index (κ1) is 27.3. The number of hydrogen-bond donors (Lipinski definition) is 3. The summed E-state index contributed by atoms with van der Waals surface area (Å²) in [6, 6.07) is -0.772. The first-order chi connectivity index (χ1) is 16.6. The Morgan fingerprint density at radius 3 is 2.43 bits per heavy atom. The number of fused-ring (bicyclic) bond motifs is 5. The van der Waals surface area contributed by atoms with E-state index in [4.69, 9.17) is 0 Å². The summed E-state index contributed by atoms with van der Waals surface area (Å²) in [7, 11) is 0. The van der Waals surface area contributed by atoms with Gasteiger partial charge in [-0.05, 0) is 129 Å². The largest absolute Gasteiger partial charge is 0.480 e. The standard InChI is InChI=1S/C29H49NO4S/c1-18(5-10-26(32)30-25(27(33)34)13-16-35-4)22-8-9-23-21-7-6-19-17-20(31)11-14-28(19,2)24(21)12-15-29(22,23)3/h18-25,31H,5-17H2,1-4H3,(H,30,32)(H,33,34)/t18-,19-,20-,21+,22-,23+,24+,25+,28+,29-/m1/s1. The molecule has 0 bridgehead atoms. The molecule has 0 spiro atoms. The van der Waals surface area contributed by atoms with Crippen LogP contribution in [0.5, 0.6) is 0 Å². The summed E-state index contributed by atoms with van der Waals surface area (Å²) < 4.78 is 0. The first-order valence-electron chi connectivity index (χ1n) is 14.3. The molecule has 0 aromatic carbocycles. The number of rotatable bonds is 9. The molecule has 0 unspecified atom stereocenters. The zero-order valence-electron chi connectivity index (χ0n) is 22.4. The Hall–Kier alpha value is -0.750. The van der Waals surface area contributed by atoms with E-state index in [2.05, 4.69) is 26.1 Å². The molecule has 3 N–H and O–H groups in total. The van der Waals surface area contributed by atoms with E-state index in [1.165, 1.54) is 44.9 Å². The lowest BCUT2D eigenvalue weighted by molar-refractivity contribution is -0.142. The minimum Gasteiger partial charge on any atom is -0.480 e. The number of carbonyl (C=O) groups excluding carboxylic acids is 1. The van der Waals surface area contributed by atoms with E-state index in [9.17, 15) is 19.8 Å². The van der Waals surface area contributed by atoms with Crippen molar-refractivity contribution in [3.63, 3.8) is 0 Å². The van der Waals surface area contributed by atoms with Gasteiger partial charge in [0.05, 0.1) is 6.10 Å². The predicted octanol–water partition coefficient (Wildman–Crippen LogP) is 5.75. The summed E-state index contributed by atoms with van der Waals surface area (Å²) >= 11 is 1.61. The van der Waals surface area contributed by atoms with Gasteiger partial charge in [-0.3, -0.25) is 4.79 Å². The fourth-order valence-electron chi connectivity index (χ4n) is 9.53. The minimum absolute atomic E-state index is 0.0799. The third-order valence-electron chi connectivity index (χ3n) is 11.5. The molecule has 1 amide bonds. The van der Waals surface area contributed by atoms with Gasteiger partial charge in [-0.1, -0.05) is 20.8 Å². The molecular weight excluding hydrogens is 458 g/mol. The molecule has 4 aliphatic rings. The van der Waals surface area contributed by atoms with Crippen molar-refractivity contribution in [1.82, 2.24) is 5.32 Å². The van der Waals surface area contributed by atoms with Gasteiger partial charge in [-0.2, -0.15) is 11.8 Å². The van der Waals surface area contributed by atoms with Crippen LogP contribution in [0.25, 0.3) is 0 Å². The van der Waals surface area contributed by atoms with Crippen molar-refractivity contribution in [2.24, 2.45) is 46.3 Å². The van der Waals surface area contributed by atoms with E-state index >= 15 is 0 Å². The van der Waals surface area contributed by atoms with Gasteiger partial charge in [0.2, 0.25) is 5.91 Å². The molecule has 6 heteroatoms. The number of amides is 1. The number of carboxylic acid groups (broad SMARTS) is 1. The number of aliphatic hydroxyl groups is 1. The van der Waals surface area contributed by atoms with Gasteiger partial charge < -0.3 is 15.5 Å². The number of carboxylic acids is 1. The van der Waals surface area contributed by atoms with Gasteiger partial charge in [-0.25, -0.2) is 4.79 Å². The Balaban J connectivity index is 1.35. The highest BCUT2D eigenvalue weighted by atomic mass is 32.2. The highest BCUT2D eigenvalue weighted by molar-refractivity contribution is 7.98. The lowest BCUT2D eigenvalue weighted by Crippen LogP contribution is -2.54. The summed E-state index contributed by atoms with van der Waals surface area (Å²) in [4.78, 5) is 24.1. The molecule has 4 aliphatic carbocycles. The molecule has 5 nitrogen and oxygen atoms in total. The first-order valence-corrected chi connectivity index (χ1v) is 15.7. The number of hydrogen-bond acceptors (Lipinski definition) is 4. The van der Waals surface area contributed by atoms with Crippen LogP contribution in [-0.4, -0.2) is 46.2 Å². The van der Waals surface area contributed by atoms with Crippen molar-refractivity contribution < 1.29 is 19.8 Å². The second-order valence-corrected chi connectivity index (χ2v) is 14.1. The predicted molar refractivity (Wildman–Crippen MR) is 142 cm³/mol. The Morgan fingerprint density at radius 1 is 1.00 bits per heavy atom. The molecule has 4 rings (SSSR count). The van der Waals surface area contributed by atoms with Crippen LogP contribution in [0, 0.1) is 46.3 Å². The van der Waals surface area contributed by atoms with Gasteiger partial charge >= 0.3 is 5.97 Å². The lowest BCUT2D eigenvalue weighted by atomic mass is 9.44. The summed E-state index contributed by atoms with van der Waals surface area (Å²) in [5.41, 5.74) is 0.790. The van der Waals surface area contributed by atoms with Crippen molar-refractivity contribution in [3.8, 4) is 0 Å². The topological polar surface area (TPSA) is 86.6 Å². The van der Waals surface area contributed by atoms with E-state index in [1.54, 1.807) is 11.8 Å². The molecule has 0 aromatic heterocycles. The number of aliphatic carboxylic acids is 1. The van der Waals surface area contributed by atoms with Crippen LogP contribution < -0.4 is 5.32 Å². The zero-order chi connectivity index (χ0) is 25.4. The van der Waals surface area contributed by atoms with Gasteiger partial charge in [0.25, 0.3) is 0 Å². The van der Waals surface area contributed by atoms with Crippen LogP contribution >= 0.6 is 11.8 Å². The molecule has 4 saturated carbocycles. The van der Waals surface area contributed by atoms with Crippen LogP contribution in [0.15, 0.2) is 0 Å². The summed E-state index contributed by atoms with van der Waals surface area (Å²) in [6.45, 7) is 7.45. The smallest absolute Gasteiger partial charge is 0.326 e. The molecule has 200 valence electrons. The van der Waals surface area contributed by atoms with Crippen molar-refractivity contribution >= 4 is 23.6 Å². The van der Waals surface area contributed by atoms with Crippen molar-refractivity contribution in [3.05, 3.63) is 0 Å². The maximum Gasteiger partial charge on any atom is 0.326 e. The summed E-state index contributed by atoms with van der Waals surface area (Å²) in [5.74, 6) is 3.99. The maximum atomic E-state index is 12.6. The fraction of sp³-hybridized carbons (Fsp3) is 0.931. The zero-order valence-corrected chi connectivity index (χ0v) is 23.2. The quantitative estimate of drug-likeness (QED) is 0.370. The van der Waals surface area contributed by atoms with Crippen LogP contribution in [0.3, 0.4) is 0 Å². The van der Waals surface area contributed by atoms with Crippen LogP contribution in [0.4, 0.5) is 0 Å². The van der Waals surface area contributed by atoms with Crippen LogP contribution in [0.2, 0.25) is 0 Å². The van der Waals surface area contributed by atoms with E-state index in [1.807, 2.05) is 6.26 Å². The highest BCUT2D eigenvalue weighted by Crippen LogP contribution is 2.68. The second-order valence-electron chi connectivity index (χ2n) is 13.1. The SMILES string of the molecule is CSCC[C@H](NC(=O)CC[C@@H](C)[C@H]1CC[C@H]2[C@@H]3CC[C@@H]4C[C@H](O)CC[C@]4(C)[C@H]3CC[C@]12C)C(=O)O. The summed E-state index contributed by atoms with van der Waals surface area (Å²) in [5, 5.41) is 22.5. The molecule has 0 heterocycles. The molecule has 4 fully saturated rings. The van der Waals surface area contributed by atoms with Gasteiger partial charge in [-0.15, -0.1) is 0 Å². The summed E-state index contributed by atoms with van der Waals surface area (Å²) in [6.07, 6.45) is 14.7.